The van der Waals surface area contributed by atoms with Gasteiger partial charge in [0.15, 0.2) is 5.82 Å². The quantitative estimate of drug-likeness (QED) is 0.564. The molecule has 5 heteroatoms. The van der Waals surface area contributed by atoms with Gasteiger partial charge in [-0.15, -0.1) is 0 Å². The molecule has 0 N–H and O–H groups in total. The monoisotopic (exact) mass is 353 g/mol. The molecule has 1 aromatic heterocycles. The number of aromatic nitrogens is 2. The molecule has 0 aliphatic carbocycles. The molecule has 0 aliphatic heterocycles. The van der Waals surface area contributed by atoms with Crippen molar-refractivity contribution in [2.75, 3.05) is 6.54 Å². The van der Waals surface area contributed by atoms with Gasteiger partial charge >= 0.3 is 0 Å². The predicted molar refractivity (Wildman–Crippen MR) is 99.0 cm³/mol. The average molecular weight is 353 g/mol. The molecule has 0 saturated carbocycles. The Morgan fingerprint density at radius 3 is 2.54 bits per heavy atom. The molecule has 136 valence electrons. The van der Waals surface area contributed by atoms with Crippen molar-refractivity contribution in [1.82, 2.24) is 15.0 Å². The van der Waals surface area contributed by atoms with Gasteiger partial charge in [0.1, 0.15) is 5.82 Å². The van der Waals surface area contributed by atoms with E-state index in [-0.39, 0.29) is 5.82 Å². The fraction of sp³-hybridized carbons (Fsp3) is 0.333. The minimum Gasteiger partial charge on any atom is -0.338 e. The number of halogens is 1. The zero-order chi connectivity index (χ0) is 18.2. The van der Waals surface area contributed by atoms with Crippen LogP contribution in [0, 0.1) is 5.82 Å². The van der Waals surface area contributed by atoms with E-state index >= 15 is 0 Å². The molecule has 0 unspecified atom stereocenters. The zero-order valence-electron chi connectivity index (χ0n) is 15.1. The maximum atomic E-state index is 13.8. The molecule has 0 radical (unpaired) electrons. The van der Waals surface area contributed by atoms with Gasteiger partial charge in [-0.25, -0.2) is 4.39 Å². The maximum Gasteiger partial charge on any atom is 0.240 e. The number of rotatable bonds is 9. The van der Waals surface area contributed by atoms with Gasteiger partial charge in [0.2, 0.25) is 5.89 Å². The van der Waals surface area contributed by atoms with Crippen LogP contribution < -0.4 is 0 Å². The Morgan fingerprint density at radius 2 is 1.77 bits per heavy atom. The summed E-state index contributed by atoms with van der Waals surface area (Å²) in [5.74, 6) is 0.844. The first-order valence-corrected chi connectivity index (χ1v) is 9.05. The standard InChI is InChI=1S/C21H24FN3O/c1-2-3-13-25(15-17-9-5-4-6-10-17)16-21-23-20(24-26-21)14-18-11-7-8-12-19(18)22/h4-12H,2-3,13-16H2,1H3. The Balaban J connectivity index is 1.65. The molecular weight excluding hydrogens is 329 g/mol. The lowest BCUT2D eigenvalue weighted by molar-refractivity contribution is 0.216. The summed E-state index contributed by atoms with van der Waals surface area (Å²) in [7, 11) is 0. The fourth-order valence-corrected chi connectivity index (χ4v) is 2.87. The normalized spacial score (nSPS) is 11.2. The number of hydrogen-bond donors (Lipinski definition) is 0. The van der Waals surface area contributed by atoms with Crippen LogP contribution in [-0.4, -0.2) is 21.6 Å². The first-order chi connectivity index (χ1) is 12.7. The lowest BCUT2D eigenvalue weighted by Crippen LogP contribution is -2.24. The first kappa shape index (κ1) is 18.3. The highest BCUT2D eigenvalue weighted by molar-refractivity contribution is 5.20. The van der Waals surface area contributed by atoms with E-state index < -0.39 is 0 Å². The molecule has 3 rings (SSSR count). The second-order valence-corrected chi connectivity index (χ2v) is 6.42. The molecule has 0 amide bonds. The molecule has 1 heterocycles. The third-order valence-corrected chi connectivity index (χ3v) is 4.25. The van der Waals surface area contributed by atoms with Crippen LogP contribution in [0.15, 0.2) is 59.1 Å². The van der Waals surface area contributed by atoms with Gasteiger partial charge in [0.25, 0.3) is 0 Å². The van der Waals surface area contributed by atoms with E-state index in [4.69, 9.17) is 4.52 Å². The van der Waals surface area contributed by atoms with E-state index in [1.54, 1.807) is 12.1 Å². The predicted octanol–water partition coefficient (Wildman–Crippen LogP) is 4.60. The Labute approximate surface area is 153 Å². The number of hydrogen-bond acceptors (Lipinski definition) is 4. The molecule has 0 aliphatic rings. The summed E-state index contributed by atoms with van der Waals surface area (Å²) < 4.78 is 19.2. The Kier molecular flexibility index (Phi) is 6.50. The Bertz CT molecular complexity index is 804. The van der Waals surface area contributed by atoms with Crippen molar-refractivity contribution in [3.8, 4) is 0 Å². The molecule has 4 nitrogen and oxygen atoms in total. The van der Waals surface area contributed by atoms with Gasteiger partial charge < -0.3 is 4.52 Å². The summed E-state index contributed by atoms with van der Waals surface area (Å²) in [5, 5.41) is 4.01. The zero-order valence-corrected chi connectivity index (χ0v) is 15.1. The minimum absolute atomic E-state index is 0.243. The highest BCUT2D eigenvalue weighted by atomic mass is 19.1. The summed E-state index contributed by atoms with van der Waals surface area (Å²) in [6.07, 6.45) is 2.58. The minimum atomic E-state index is -0.243. The van der Waals surface area contributed by atoms with E-state index in [1.165, 1.54) is 11.6 Å². The molecule has 3 aromatic rings. The SMILES string of the molecule is CCCCN(Cc1ccccc1)Cc1nc(Cc2ccccc2F)no1. The van der Waals surface area contributed by atoms with Gasteiger partial charge in [-0.1, -0.05) is 67.0 Å². The van der Waals surface area contributed by atoms with Gasteiger partial charge in [-0.3, -0.25) is 4.90 Å². The fourth-order valence-electron chi connectivity index (χ4n) is 2.87. The third kappa shape index (κ3) is 5.23. The second kappa shape index (κ2) is 9.25. The van der Waals surface area contributed by atoms with Crippen LogP contribution >= 0.6 is 0 Å². The first-order valence-electron chi connectivity index (χ1n) is 9.05. The maximum absolute atomic E-state index is 13.8. The van der Waals surface area contributed by atoms with Crippen molar-refractivity contribution in [3.05, 3.63) is 83.3 Å². The Hall–Kier alpha value is -2.53. The van der Waals surface area contributed by atoms with E-state index in [9.17, 15) is 4.39 Å². The molecule has 2 aromatic carbocycles. The van der Waals surface area contributed by atoms with E-state index in [0.717, 1.165) is 25.9 Å². The summed E-state index contributed by atoms with van der Waals surface area (Å²) in [4.78, 5) is 6.75. The number of benzene rings is 2. The largest absolute Gasteiger partial charge is 0.338 e. The molecule has 0 atom stereocenters. The van der Waals surface area contributed by atoms with Crippen molar-refractivity contribution in [2.45, 2.75) is 39.3 Å². The topological polar surface area (TPSA) is 42.2 Å². The number of nitrogens with zero attached hydrogens (tertiary/aromatic N) is 3. The van der Waals surface area contributed by atoms with E-state index in [1.807, 2.05) is 24.3 Å². The summed E-state index contributed by atoms with van der Waals surface area (Å²) >= 11 is 0. The lowest BCUT2D eigenvalue weighted by Gasteiger charge is -2.20. The molecular formula is C21H24FN3O. The van der Waals surface area contributed by atoms with Crippen LogP contribution in [0.4, 0.5) is 4.39 Å². The molecule has 0 spiro atoms. The van der Waals surface area contributed by atoms with E-state index in [0.29, 0.717) is 30.2 Å². The smallest absolute Gasteiger partial charge is 0.240 e. The Morgan fingerprint density at radius 1 is 1.00 bits per heavy atom. The van der Waals surface area contributed by atoms with Crippen LogP contribution in [0.1, 0.15) is 42.6 Å². The third-order valence-electron chi connectivity index (χ3n) is 4.25. The van der Waals surface area contributed by atoms with Gasteiger partial charge in [-0.2, -0.15) is 4.98 Å². The van der Waals surface area contributed by atoms with Crippen LogP contribution in [0.25, 0.3) is 0 Å². The highest BCUT2D eigenvalue weighted by Gasteiger charge is 2.14. The summed E-state index contributed by atoms with van der Waals surface area (Å²) in [6.45, 7) is 4.58. The molecule has 0 bridgehead atoms. The van der Waals surface area contributed by atoms with Crippen molar-refractivity contribution in [3.63, 3.8) is 0 Å². The van der Waals surface area contributed by atoms with Crippen molar-refractivity contribution >= 4 is 0 Å². The second-order valence-electron chi connectivity index (χ2n) is 6.42. The molecule has 0 fully saturated rings. The average Bonchev–Trinajstić information content (AvgIpc) is 3.09. The van der Waals surface area contributed by atoms with Crippen molar-refractivity contribution in [2.24, 2.45) is 0 Å². The van der Waals surface area contributed by atoms with Gasteiger partial charge in [0, 0.05) is 13.0 Å². The summed E-state index contributed by atoms with van der Waals surface area (Å²) in [5.41, 5.74) is 1.83. The summed E-state index contributed by atoms with van der Waals surface area (Å²) in [6, 6.07) is 17.0. The van der Waals surface area contributed by atoms with E-state index in [2.05, 4.69) is 34.1 Å². The van der Waals surface area contributed by atoms with Crippen LogP contribution in [0.2, 0.25) is 0 Å². The van der Waals surface area contributed by atoms with Crippen molar-refractivity contribution in [1.29, 1.82) is 0 Å². The number of unbranched alkanes of at least 4 members (excludes halogenated alkanes) is 1. The van der Waals surface area contributed by atoms with Gasteiger partial charge in [0.05, 0.1) is 6.54 Å². The lowest BCUT2D eigenvalue weighted by atomic mass is 10.1. The van der Waals surface area contributed by atoms with Crippen molar-refractivity contribution < 1.29 is 8.91 Å². The van der Waals surface area contributed by atoms with Crippen LogP contribution in [0.5, 0.6) is 0 Å². The molecule has 0 saturated heterocycles. The van der Waals surface area contributed by atoms with Crippen LogP contribution in [-0.2, 0) is 19.5 Å². The highest BCUT2D eigenvalue weighted by Crippen LogP contribution is 2.13. The molecule has 26 heavy (non-hydrogen) atoms. The van der Waals surface area contributed by atoms with Crippen LogP contribution in [0.3, 0.4) is 0 Å². The van der Waals surface area contributed by atoms with Gasteiger partial charge in [-0.05, 0) is 30.2 Å².